The summed E-state index contributed by atoms with van der Waals surface area (Å²) < 4.78 is 0. The summed E-state index contributed by atoms with van der Waals surface area (Å²) in [7, 11) is 0. The number of anilines is 3. The van der Waals surface area contributed by atoms with Gasteiger partial charge in [0.15, 0.2) is 0 Å². The highest BCUT2D eigenvalue weighted by Gasteiger charge is 2.07. The average Bonchev–Trinajstić information content (AvgIpc) is 2.57. The fourth-order valence-corrected chi connectivity index (χ4v) is 2.47. The number of amides is 2. The molecule has 5 heteroatoms. The lowest BCUT2D eigenvalue weighted by Gasteiger charge is -2.13. The van der Waals surface area contributed by atoms with E-state index in [1.807, 2.05) is 45.0 Å². The van der Waals surface area contributed by atoms with Crippen molar-refractivity contribution in [2.45, 2.75) is 34.1 Å². The third-order valence-electron chi connectivity index (χ3n) is 3.94. The molecule has 0 unspecified atom stereocenters. The highest BCUT2D eigenvalue weighted by Crippen LogP contribution is 2.21. The van der Waals surface area contributed by atoms with Gasteiger partial charge in [-0.2, -0.15) is 0 Å². The molecule has 0 heterocycles. The van der Waals surface area contributed by atoms with Crippen molar-refractivity contribution in [1.82, 2.24) is 0 Å². The number of aryl methyl sites for hydroxylation is 3. The van der Waals surface area contributed by atoms with Crippen LogP contribution in [0.25, 0.3) is 0 Å². The molecule has 0 atom stereocenters. The van der Waals surface area contributed by atoms with Crippen LogP contribution in [0.5, 0.6) is 0 Å². The normalized spacial score (nSPS) is 10.2. The van der Waals surface area contributed by atoms with Crippen molar-refractivity contribution in [3.05, 3.63) is 53.1 Å². The van der Waals surface area contributed by atoms with Crippen molar-refractivity contribution in [2.24, 2.45) is 0 Å². The molecule has 0 aliphatic carbocycles. The maximum absolute atomic E-state index is 12.2. The molecular formula is C20H25N3O2. The summed E-state index contributed by atoms with van der Waals surface area (Å²) in [4.78, 5) is 23.8. The first-order valence-electron chi connectivity index (χ1n) is 8.40. The Balaban J connectivity index is 1.98. The Bertz CT molecular complexity index is 785. The summed E-state index contributed by atoms with van der Waals surface area (Å²) in [6, 6.07) is 11.5. The van der Waals surface area contributed by atoms with Gasteiger partial charge in [0.1, 0.15) is 0 Å². The van der Waals surface area contributed by atoms with E-state index < -0.39 is 0 Å². The Hall–Kier alpha value is -2.82. The fourth-order valence-electron chi connectivity index (χ4n) is 2.47. The third-order valence-corrected chi connectivity index (χ3v) is 3.94. The average molecular weight is 339 g/mol. The molecule has 2 amide bonds. The minimum atomic E-state index is -0.142. The topological polar surface area (TPSA) is 70.2 Å². The maximum atomic E-state index is 12.2. The minimum Gasteiger partial charge on any atom is -0.376 e. The van der Waals surface area contributed by atoms with Gasteiger partial charge in [-0.15, -0.1) is 0 Å². The SMILES string of the molecule is CCC(=O)Nc1cc(NC(=O)CNc2ccc(C)cc2C)ccc1C. The number of hydrogen-bond donors (Lipinski definition) is 3. The standard InChI is InChI=1S/C20H25N3O2/c1-5-19(24)23-18-11-16(8-7-14(18)3)22-20(25)12-21-17-9-6-13(2)10-15(17)4/h6-11,21H,5,12H2,1-4H3,(H,22,25)(H,23,24). The number of hydrogen-bond acceptors (Lipinski definition) is 3. The summed E-state index contributed by atoms with van der Waals surface area (Å²) >= 11 is 0. The van der Waals surface area contributed by atoms with Gasteiger partial charge in [-0.05, 0) is 50.1 Å². The van der Waals surface area contributed by atoms with Crippen molar-refractivity contribution < 1.29 is 9.59 Å². The van der Waals surface area contributed by atoms with Crippen LogP contribution in [0.15, 0.2) is 36.4 Å². The molecule has 0 aliphatic rings. The second-order valence-corrected chi connectivity index (χ2v) is 6.15. The molecule has 0 saturated heterocycles. The summed E-state index contributed by atoms with van der Waals surface area (Å²) in [5, 5.41) is 8.83. The molecule has 132 valence electrons. The summed E-state index contributed by atoms with van der Waals surface area (Å²) in [5.74, 6) is -0.195. The highest BCUT2D eigenvalue weighted by molar-refractivity contribution is 5.96. The molecule has 2 aromatic carbocycles. The fraction of sp³-hybridized carbons (Fsp3) is 0.300. The lowest BCUT2D eigenvalue weighted by Crippen LogP contribution is -2.22. The first-order valence-corrected chi connectivity index (χ1v) is 8.40. The van der Waals surface area contributed by atoms with Gasteiger partial charge in [0, 0.05) is 23.5 Å². The largest absolute Gasteiger partial charge is 0.376 e. The molecular weight excluding hydrogens is 314 g/mol. The Morgan fingerprint density at radius 1 is 0.840 bits per heavy atom. The van der Waals surface area contributed by atoms with Crippen LogP contribution in [-0.2, 0) is 9.59 Å². The van der Waals surface area contributed by atoms with Gasteiger partial charge in [0.25, 0.3) is 0 Å². The van der Waals surface area contributed by atoms with E-state index >= 15 is 0 Å². The second kappa shape index (κ2) is 8.33. The van der Waals surface area contributed by atoms with Crippen LogP contribution < -0.4 is 16.0 Å². The van der Waals surface area contributed by atoms with Gasteiger partial charge in [0.2, 0.25) is 11.8 Å². The van der Waals surface area contributed by atoms with Gasteiger partial charge in [-0.3, -0.25) is 9.59 Å². The lowest BCUT2D eigenvalue weighted by atomic mass is 10.1. The molecule has 0 radical (unpaired) electrons. The van der Waals surface area contributed by atoms with Crippen molar-refractivity contribution in [3.8, 4) is 0 Å². The van der Waals surface area contributed by atoms with E-state index in [1.54, 1.807) is 13.0 Å². The molecule has 3 N–H and O–H groups in total. The van der Waals surface area contributed by atoms with Crippen molar-refractivity contribution >= 4 is 28.9 Å². The van der Waals surface area contributed by atoms with Crippen LogP contribution in [0.4, 0.5) is 17.1 Å². The molecule has 25 heavy (non-hydrogen) atoms. The van der Waals surface area contributed by atoms with E-state index in [4.69, 9.17) is 0 Å². The zero-order chi connectivity index (χ0) is 18.4. The van der Waals surface area contributed by atoms with Crippen LogP contribution in [0.1, 0.15) is 30.0 Å². The number of benzene rings is 2. The van der Waals surface area contributed by atoms with Crippen LogP contribution in [0, 0.1) is 20.8 Å². The van der Waals surface area contributed by atoms with E-state index in [9.17, 15) is 9.59 Å². The molecule has 0 spiro atoms. The second-order valence-electron chi connectivity index (χ2n) is 6.15. The number of rotatable bonds is 6. The monoisotopic (exact) mass is 339 g/mol. The Kier molecular flexibility index (Phi) is 6.17. The summed E-state index contributed by atoms with van der Waals surface area (Å²) in [6.45, 7) is 7.94. The Labute approximate surface area is 148 Å². The molecule has 2 aromatic rings. The maximum Gasteiger partial charge on any atom is 0.243 e. The van der Waals surface area contributed by atoms with Gasteiger partial charge in [0.05, 0.1) is 6.54 Å². The molecule has 0 aliphatic heterocycles. The smallest absolute Gasteiger partial charge is 0.243 e. The molecule has 2 rings (SSSR count). The molecule has 0 aromatic heterocycles. The highest BCUT2D eigenvalue weighted by atomic mass is 16.2. The summed E-state index contributed by atoms with van der Waals surface area (Å²) in [5.41, 5.74) is 5.56. The number of carbonyl (C=O) groups excluding carboxylic acids is 2. The Morgan fingerprint density at radius 3 is 2.28 bits per heavy atom. The molecule has 0 bridgehead atoms. The van der Waals surface area contributed by atoms with Crippen molar-refractivity contribution in [2.75, 3.05) is 22.5 Å². The van der Waals surface area contributed by atoms with Gasteiger partial charge < -0.3 is 16.0 Å². The molecule has 0 saturated carbocycles. The zero-order valence-corrected chi connectivity index (χ0v) is 15.2. The summed E-state index contributed by atoms with van der Waals surface area (Å²) in [6.07, 6.45) is 0.413. The zero-order valence-electron chi connectivity index (χ0n) is 15.2. The van der Waals surface area contributed by atoms with Gasteiger partial charge >= 0.3 is 0 Å². The van der Waals surface area contributed by atoms with E-state index in [1.165, 1.54) is 5.56 Å². The quantitative estimate of drug-likeness (QED) is 0.745. The first kappa shape index (κ1) is 18.5. The molecule has 5 nitrogen and oxygen atoms in total. The van der Waals surface area contributed by atoms with E-state index in [0.717, 1.165) is 16.8 Å². The number of nitrogens with one attached hydrogen (secondary N) is 3. The lowest BCUT2D eigenvalue weighted by molar-refractivity contribution is -0.116. The van der Waals surface area contributed by atoms with Gasteiger partial charge in [-0.1, -0.05) is 30.7 Å². The van der Waals surface area contributed by atoms with Crippen LogP contribution in [0.2, 0.25) is 0 Å². The third kappa shape index (κ3) is 5.35. The van der Waals surface area contributed by atoms with E-state index in [2.05, 4.69) is 22.0 Å². The van der Waals surface area contributed by atoms with Crippen molar-refractivity contribution in [1.29, 1.82) is 0 Å². The van der Waals surface area contributed by atoms with E-state index in [0.29, 0.717) is 17.8 Å². The first-order chi connectivity index (χ1) is 11.9. The number of carbonyl (C=O) groups is 2. The van der Waals surface area contributed by atoms with Crippen molar-refractivity contribution in [3.63, 3.8) is 0 Å². The molecule has 0 fully saturated rings. The van der Waals surface area contributed by atoms with Crippen LogP contribution in [0.3, 0.4) is 0 Å². The van der Waals surface area contributed by atoms with Gasteiger partial charge in [-0.25, -0.2) is 0 Å². The van der Waals surface area contributed by atoms with Crippen LogP contribution >= 0.6 is 0 Å². The predicted octanol–water partition coefficient (Wildman–Crippen LogP) is 4.01. The van der Waals surface area contributed by atoms with E-state index in [-0.39, 0.29) is 18.4 Å². The predicted molar refractivity (Wildman–Crippen MR) is 103 cm³/mol. The Morgan fingerprint density at radius 2 is 1.60 bits per heavy atom. The van der Waals surface area contributed by atoms with Crippen LogP contribution in [-0.4, -0.2) is 18.4 Å². The minimum absolute atomic E-state index is 0.0527.